The Morgan fingerprint density at radius 3 is 2.38 bits per heavy atom. The highest BCUT2D eigenvalue weighted by molar-refractivity contribution is 5.54. The van der Waals surface area contributed by atoms with Gasteiger partial charge in [0, 0.05) is 11.7 Å². The predicted octanol–water partition coefficient (Wildman–Crippen LogP) is 4.38. The highest BCUT2D eigenvalue weighted by Crippen LogP contribution is 2.30. The monoisotopic (exact) mass is 337 g/mol. The summed E-state index contributed by atoms with van der Waals surface area (Å²) in [6.07, 6.45) is 3.07. The molecule has 1 aromatic heterocycles. The Bertz CT molecular complexity index is 666. The minimum absolute atomic E-state index is 0.246. The van der Waals surface area contributed by atoms with Crippen LogP contribution in [0.4, 0.5) is 30.6 Å². The van der Waals surface area contributed by atoms with E-state index in [0.717, 1.165) is 25.0 Å². The van der Waals surface area contributed by atoms with E-state index >= 15 is 0 Å². The van der Waals surface area contributed by atoms with Crippen molar-refractivity contribution in [2.75, 3.05) is 10.6 Å². The fourth-order valence-electron chi connectivity index (χ4n) is 2.75. The molecule has 1 fully saturated rings. The second-order valence-electron chi connectivity index (χ2n) is 5.84. The first-order valence-corrected chi connectivity index (χ1v) is 7.91. The van der Waals surface area contributed by atoms with Gasteiger partial charge in [0.15, 0.2) is 5.82 Å². The van der Waals surface area contributed by atoms with Crippen LogP contribution in [0.5, 0.6) is 0 Å². The van der Waals surface area contributed by atoms with Gasteiger partial charge in [-0.1, -0.05) is 19.3 Å². The van der Waals surface area contributed by atoms with Crippen molar-refractivity contribution in [2.45, 2.75) is 44.3 Å². The van der Waals surface area contributed by atoms with Gasteiger partial charge in [0.25, 0.3) is 0 Å². The van der Waals surface area contributed by atoms with Gasteiger partial charge in [-0.2, -0.15) is 23.3 Å². The van der Waals surface area contributed by atoms with E-state index in [1.807, 2.05) is 0 Å². The number of nitrogens with one attached hydrogen (secondary N) is 2. The highest BCUT2D eigenvalue weighted by atomic mass is 19.4. The van der Waals surface area contributed by atoms with Gasteiger partial charge >= 0.3 is 6.18 Å². The van der Waals surface area contributed by atoms with E-state index < -0.39 is 11.7 Å². The van der Waals surface area contributed by atoms with Crippen molar-refractivity contribution in [3.8, 4) is 0 Å². The molecular formula is C16H18F3N5. The molecule has 1 heterocycles. The number of rotatable bonds is 4. The largest absolute Gasteiger partial charge is 0.416 e. The third kappa shape index (κ3) is 4.33. The number of anilines is 3. The molecule has 8 heteroatoms. The topological polar surface area (TPSA) is 62.7 Å². The zero-order valence-corrected chi connectivity index (χ0v) is 13.0. The van der Waals surface area contributed by atoms with Gasteiger partial charge in [-0.25, -0.2) is 0 Å². The molecule has 2 N–H and O–H groups in total. The Balaban J connectivity index is 1.65. The summed E-state index contributed by atoms with van der Waals surface area (Å²) in [5.74, 6) is 0.863. The van der Waals surface area contributed by atoms with E-state index in [1.54, 1.807) is 6.20 Å². The van der Waals surface area contributed by atoms with Crippen molar-refractivity contribution in [3.05, 3.63) is 36.0 Å². The predicted molar refractivity (Wildman–Crippen MR) is 85.0 cm³/mol. The zero-order chi connectivity index (χ0) is 17.0. The fourth-order valence-corrected chi connectivity index (χ4v) is 2.75. The van der Waals surface area contributed by atoms with E-state index in [1.165, 1.54) is 31.4 Å². The Morgan fingerprint density at radius 2 is 1.71 bits per heavy atom. The van der Waals surface area contributed by atoms with Gasteiger partial charge in [0.1, 0.15) is 0 Å². The lowest BCUT2D eigenvalue weighted by Gasteiger charge is -2.23. The van der Waals surface area contributed by atoms with Crippen LogP contribution < -0.4 is 10.6 Å². The van der Waals surface area contributed by atoms with Crippen LogP contribution in [-0.2, 0) is 6.18 Å². The zero-order valence-electron chi connectivity index (χ0n) is 13.0. The Kier molecular flexibility index (Phi) is 4.82. The average molecular weight is 337 g/mol. The van der Waals surface area contributed by atoms with Crippen LogP contribution in [0, 0.1) is 0 Å². The molecule has 0 bridgehead atoms. The lowest BCUT2D eigenvalue weighted by atomic mass is 9.96. The fraction of sp³-hybridized carbons (Fsp3) is 0.438. The molecule has 0 aliphatic heterocycles. The van der Waals surface area contributed by atoms with E-state index in [-0.39, 0.29) is 5.95 Å². The summed E-state index contributed by atoms with van der Waals surface area (Å²) in [6.45, 7) is 0. The van der Waals surface area contributed by atoms with Crippen molar-refractivity contribution < 1.29 is 13.2 Å². The number of hydrogen-bond donors (Lipinski definition) is 2. The molecule has 0 saturated heterocycles. The summed E-state index contributed by atoms with van der Waals surface area (Å²) in [6, 6.07) is 5.09. The van der Waals surface area contributed by atoms with Gasteiger partial charge in [0.05, 0.1) is 11.8 Å². The molecule has 1 aromatic carbocycles. The van der Waals surface area contributed by atoms with Crippen LogP contribution >= 0.6 is 0 Å². The highest BCUT2D eigenvalue weighted by Gasteiger charge is 2.29. The molecule has 1 aliphatic rings. The lowest BCUT2D eigenvalue weighted by molar-refractivity contribution is -0.137. The van der Waals surface area contributed by atoms with E-state index in [0.29, 0.717) is 17.5 Å². The maximum absolute atomic E-state index is 12.6. The third-order valence-corrected chi connectivity index (χ3v) is 3.98. The second kappa shape index (κ2) is 7.02. The number of nitrogens with zero attached hydrogens (tertiary/aromatic N) is 3. The first kappa shape index (κ1) is 16.5. The van der Waals surface area contributed by atoms with Gasteiger partial charge < -0.3 is 10.6 Å². The quantitative estimate of drug-likeness (QED) is 0.867. The van der Waals surface area contributed by atoms with Crippen molar-refractivity contribution in [1.82, 2.24) is 15.2 Å². The molecule has 24 heavy (non-hydrogen) atoms. The molecule has 0 unspecified atom stereocenters. The summed E-state index contributed by atoms with van der Waals surface area (Å²) in [7, 11) is 0. The number of hydrogen-bond acceptors (Lipinski definition) is 5. The average Bonchev–Trinajstić information content (AvgIpc) is 2.56. The van der Waals surface area contributed by atoms with Gasteiger partial charge in [-0.3, -0.25) is 0 Å². The minimum atomic E-state index is -4.35. The first-order chi connectivity index (χ1) is 11.5. The van der Waals surface area contributed by atoms with Crippen LogP contribution in [0.3, 0.4) is 0 Å². The number of benzene rings is 1. The lowest BCUT2D eigenvalue weighted by Crippen LogP contribution is -2.23. The second-order valence-corrected chi connectivity index (χ2v) is 5.84. The molecule has 5 nitrogen and oxygen atoms in total. The molecule has 128 valence electrons. The Morgan fingerprint density at radius 1 is 1.00 bits per heavy atom. The summed E-state index contributed by atoms with van der Waals surface area (Å²) < 4.78 is 37.7. The molecule has 3 rings (SSSR count). The third-order valence-electron chi connectivity index (χ3n) is 3.98. The molecular weight excluding hydrogens is 319 g/mol. The maximum Gasteiger partial charge on any atom is 0.416 e. The van der Waals surface area contributed by atoms with E-state index in [2.05, 4.69) is 25.8 Å². The van der Waals surface area contributed by atoms with Crippen LogP contribution in [0.1, 0.15) is 37.7 Å². The molecule has 0 radical (unpaired) electrons. The molecule has 1 saturated carbocycles. The van der Waals surface area contributed by atoms with Gasteiger partial charge in [0.2, 0.25) is 5.95 Å². The normalized spacial score (nSPS) is 16.0. The number of alkyl halides is 3. The van der Waals surface area contributed by atoms with E-state index in [4.69, 9.17) is 0 Å². The summed E-state index contributed by atoms with van der Waals surface area (Å²) in [4.78, 5) is 4.32. The van der Waals surface area contributed by atoms with E-state index in [9.17, 15) is 13.2 Å². The van der Waals surface area contributed by atoms with Crippen molar-refractivity contribution in [1.29, 1.82) is 0 Å². The molecule has 0 amide bonds. The van der Waals surface area contributed by atoms with Crippen LogP contribution in [-0.4, -0.2) is 21.2 Å². The number of halogens is 3. The standard InChI is InChI=1S/C16H18F3N5/c17-16(18,19)11-6-8-13(9-7-11)22-15-23-14(10-20-24-15)21-12-4-2-1-3-5-12/h6-10,12H,1-5H2,(H2,21,22,23,24). The smallest absolute Gasteiger partial charge is 0.366 e. The van der Waals surface area contributed by atoms with Crippen molar-refractivity contribution in [2.24, 2.45) is 0 Å². The molecule has 0 spiro atoms. The minimum Gasteiger partial charge on any atom is -0.366 e. The maximum atomic E-state index is 12.6. The van der Waals surface area contributed by atoms with Gasteiger partial charge in [-0.05, 0) is 37.1 Å². The van der Waals surface area contributed by atoms with Gasteiger partial charge in [-0.15, -0.1) is 5.10 Å². The van der Waals surface area contributed by atoms with Crippen LogP contribution in [0.25, 0.3) is 0 Å². The van der Waals surface area contributed by atoms with Crippen LogP contribution in [0.15, 0.2) is 30.5 Å². The Hall–Kier alpha value is -2.38. The molecule has 1 aliphatic carbocycles. The summed E-state index contributed by atoms with van der Waals surface area (Å²) in [5, 5.41) is 14.0. The van der Waals surface area contributed by atoms with Crippen molar-refractivity contribution in [3.63, 3.8) is 0 Å². The molecule has 2 aromatic rings. The number of aromatic nitrogens is 3. The SMILES string of the molecule is FC(F)(F)c1ccc(Nc2nncc(NC3CCCCC3)n2)cc1. The first-order valence-electron chi connectivity index (χ1n) is 7.91. The van der Waals surface area contributed by atoms with Crippen LogP contribution in [0.2, 0.25) is 0 Å². The van der Waals surface area contributed by atoms with Crippen molar-refractivity contribution >= 4 is 17.5 Å². The summed E-state index contributed by atoms with van der Waals surface area (Å²) in [5.41, 5.74) is -0.223. The summed E-state index contributed by atoms with van der Waals surface area (Å²) >= 11 is 0. The molecule has 0 atom stereocenters. The Labute approximate surface area is 137 Å².